The van der Waals surface area contributed by atoms with Crippen molar-refractivity contribution >= 4 is 53.9 Å². The third-order valence-electron chi connectivity index (χ3n) is 8.28. The van der Waals surface area contributed by atoms with Gasteiger partial charge in [0.15, 0.2) is 23.3 Å². The lowest BCUT2D eigenvalue weighted by atomic mass is 9.73. The molecule has 3 heterocycles. The smallest absolute Gasteiger partial charge is 0.287 e. The minimum atomic E-state index is -4.35. The Bertz CT molecular complexity index is 1670. The van der Waals surface area contributed by atoms with E-state index in [2.05, 4.69) is 14.4 Å². The Hall–Kier alpha value is -2.88. The number of carbonyl (C=O) groups is 2. The number of likely N-dealkylation sites (tertiary alicyclic amines) is 1. The minimum Gasteiger partial charge on any atom is -0.494 e. The van der Waals surface area contributed by atoms with Crippen LogP contribution in [0, 0.1) is 29.5 Å². The normalized spacial score (nSPS) is 28.6. The SMILES string of the molecule is COc1cc(CN2C(=O)C(C3=NS(=O)(=O)c4c(CNS(C)(=O)=O)csc4N3)C(=O)C3C4CCC(C4)C32)ccc1F. The standard InChI is InChI=1S/C25H27FN4O7S3/c1-37-17-7-12(3-6-16(17)26)10-30-20-14-5-4-13(8-14)18(20)21(31)19(25(30)32)23-28-24-22(40(35,36)29-23)15(11-38-24)9-27-39(2,33)34/h3,6-7,11,13-14,18-20,27H,4-5,8-10H2,1-2H3,(H,28,29). The second-order valence-electron chi connectivity index (χ2n) is 10.7. The molecule has 0 spiro atoms. The predicted molar refractivity (Wildman–Crippen MR) is 144 cm³/mol. The van der Waals surface area contributed by atoms with Gasteiger partial charge in [0, 0.05) is 30.6 Å². The van der Waals surface area contributed by atoms with Crippen molar-refractivity contribution in [3.8, 4) is 5.75 Å². The van der Waals surface area contributed by atoms with Crippen LogP contribution < -0.4 is 14.8 Å². The molecule has 5 atom stereocenters. The Morgan fingerprint density at radius 2 is 2.00 bits per heavy atom. The number of carbonyl (C=O) groups excluding carboxylic acids is 2. The number of anilines is 1. The zero-order chi connectivity index (χ0) is 28.6. The second-order valence-corrected chi connectivity index (χ2v) is 15.0. The number of rotatable bonds is 7. The van der Waals surface area contributed by atoms with Crippen molar-refractivity contribution in [3.63, 3.8) is 0 Å². The summed E-state index contributed by atoms with van der Waals surface area (Å²) in [5.41, 5.74) is 0.832. The van der Waals surface area contributed by atoms with Crippen molar-refractivity contribution in [2.24, 2.45) is 28.1 Å². The van der Waals surface area contributed by atoms with Crippen molar-refractivity contribution in [2.75, 3.05) is 18.7 Å². The second kappa shape index (κ2) is 9.60. The molecule has 40 heavy (non-hydrogen) atoms. The van der Waals surface area contributed by atoms with Crippen molar-refractivity contribution < 1.29 is 35.6 Å². The van der Waals surface area contributed by atoms with Crippen LogP contribution in [-0.2, 0) is 42.7 Å². The van der Waals surface area contributed by atoms with Crippen LogP contribution in [0.2, 0.25) is 0 Å². The van der Waals surface area contributed by atoms with Gasteiger partial charge in [-0.15, -0.1) is 15.7 Å². The van der Waals surface area contributed by atoms with Gasteiger partial charge in [0.05, 0.1) is 13.4 Å². The molecule has 2 aliphatic carbocycles. The Morgan fingerprint density at radius 3 is 2.73 bits per heavy atom. The molecule has 0 radical (unpaired) electrons. The van der Waals surface area contributed by atoms with Gasteiger partial charge >= 0.3 is 0 Å². The molecule has 3 fully saturated rings. The molecule has 1 aromatic heterocycles. The highest BCUT2D eigenvalue weighted by molar-refractivity contribution is 7.91. The summed E-state index contributed by atoms with van der Waals surface area (Å²) in [5.74, 6) is -3.28. The summed E-state index contributed by atoms with van der Waals surface area (Å²) >= 11 is 1.02. The number of thiophene rings is 1. The Labute approximate surface area is 234 Å². The fourth-order valence-electron chi connectivity index (χ4n) is 6.69. The first-order chi connectivity index (χ1) is 18.9. The number of halogens is 1. The van der Waals surface area contributed by atoms with E-state index in [0.29, 0.717) is 5.56 Å². The van der Waals surface area contributed by atoms with Gasteiger partial charge in [-0.1, -0.05) is 6.07 Å². The van der Waals surface area contributed by atoms with E-state index in [-0.39, 0.29) is 63.8 Å². The summed E-state index contributed by atoms with van der Waals surface area (Å²) in [6.07, 6.45) is 3.54. The molecule has 214 valence electrons. The first-order valence-corrected chi connectivity index (χ1v) is 16.9. The predicted octanol–water partition coefficient (Wildman–Crippen LogP) is 2.10. The van der Waals surface area contributed by atoms with Crippen LogP contribution in [-0.4, -0.2) is 58.7 Å². The van der Waals surface area contributed by atoms with Crippen LogP contribution in [0.4, 0.5) is 9.39 Å². The Morgan fingerprint density at radius 1 is 1.25 bits per heavy atom. The maximum Gasteiger partial charge on any atom is 0.287 e. The first-order valence-electron chi connectivity index (χ1n) is 12.7. The number of fused-ring (bicyclic) bond motifs is 6. The van der Waals surface area contributed by atoms with Crippen LogP contribution >= 0.6 is 11.3 Å². The largest absolute Gasteiger partial charge is 0.494 e. The number of amides is 1. The molecule has 1 amide bonds. The van der Waals surface area contributed by atoms with Crippen molar-refractivity contribution in [1.29, 1.82) is 0 Å². The van der Waals surface area contributed by atoms with E-state index in [1.54, 1.807) is 11.0 Å². The Kier molecular flexibility index (Phi) is 6.55. The average molecular weight is 611 g/mol. The van der Waals surface area contributed by atoms with Crippen LogP contribution in [0.3, 0.4) is 0 Å². The van der Waals surface area contributed by atoms with E-state index in [1.807, 2.05) is 0 Å². The number of hydrogen-bond acceptors (Lipinski definition) is 9. The fourth-order valence-corrected chi connectivity index (χ4v) is 9.76. The first kappa shape index (κ1) is 27.3. The van der Waals surface area contributed by atoms with Crippen LogP contribution in [0.25, 0.3) is 0 Å². The summed E-state index contributed by atoms with van der Waals surface area (Å²) < 4.78 is 75.0. The molecular formula is C25H27FN4O7S3. The number of benzene rings is 1. The number of nitrogens with zero attached hydrogens (tertiary/aromatic N) is 2. The molecule has 1 saturated heterocycles. The van der Waals surface area contributed by atoms with Gasteiger partial charge in [-0.05, 0) is 54.2 Å². The molecule has 5 unspecified atom stereocenters. The molecule has 2 saturated carbocycles. The molecule has 1 aromatic carbocycles. The van der Waals surface area contributed by atoms with E-state index in [0.717, 1.165) is 36.9 Å². The van der Waals surface area contributed by atoms with E-state index in [9.17, 15) is 30.8 Å². The third-order valence-corrected chi connectivity index (χ3v) is 11.4. The summed E-state index contributed by atoms with van der Waals surface area (Å²) in [4.78, 5) is 29.4. The average Bonchev–Trinajstić information content (AvgIpc) is 3.61. The van der Waals surface area contributed by atoms with Gasteiger partial charge in [0.2, 0.25) is 15.9 Å². The van der Waals surface area contributed by atoms with Gasteiger partial charge < -0.3 is 15.0 Å². The summed E-state index contributed by atoms with van der Waals surface area (Å²) in [6.45, 7) is -0.144. The number of ether oxygens (including phenoxy) is 1. The molecule has 2 aromatic rings. The highest BCUT2D eigenvalue weighted by atomic mass is 32.2. The lowest BCUT2D eigenvalue weighted by Gasteiger charge is -2.45. The van der Waals surface area contributed by atoms with Gasteiger partial charge in [-0.25, -0.2) is 17.5 Å². The van der Waals surface area contributed by atoms with Gasteiger partial charge in [0.1, 0.15) is 15.7 Å². The summed E-state index contributed by atoms with van der Waals surface area (Å²) in [7, 11) is -6.57. The Balaban J connectivity index is 1.36. The third kappa shape index (κ3) is 4.52. The van der Waals surface area contributed by atoms with Crippen LogP contribution in [0.1, 0.15) is 30.4 Å². The fraction of sp³-hybridized carbons (Fsp3) is 0.480. The number of methoxy groups -OCH3 is 1. The number of nitrogens with one attached hydrogen (secondary N) is 2. The highest BCUT2D eigenvalue weighted by Crippen LogP contribution is 2.54. The highest BCUT2D eigenvalue weighted by Gasteiger charge is 2.60. The number of sulfonamides is 2. The number of Topliss-reactive ketones (excluding diaryl/α,β-unsaturated/α-hetero) is 1. The molecule has 6 rings (SSSR count). The topological polar surface area (TPSA) is 151 Å². The minimum absolute atomic E-state index is 0.0369. The van der Waals surface area contributed by atoms with E-state index in [4.69, 9.17) is 4.74 Å². The van der Waals surface area contributed by atoms with Crippen LogP contribution in [0.15, 0.2) is 32.9 Å². The maximum atomic E-state index is 14.1. The number of hydrogen-bond donors (Lipinski definition) is 2. The molecule has 2 N–H and O–H groups in total. The molecule has 4 aliphatic rings. The van der Waals surface area contributed by atoms with Gasteiger partial charge in [-0.3, -0.25) is 9.59 Å². The molecule has 2 aliphatic heterocycles. The lowest BCUT2D eigenvalue weighted by Crippen LogP contribution is -2.61. The quantitative estimate of drug-likeness (QED) is 0.453. The molecule has 15 heteroatoms. The summed E-state index contributed by atoms with van der Waals surface area (Å²) in [5, 5.41) is 4.57. The van der Waals surface area contributed by atoms with E-state index < -0.39 is 43.6 Å². The van der Waals surface area contributed by atoms with Gasteiger partial charge in [-0.2, -0.15) is 8.42 Å². The monoisotopic (exact) mass is 610 g/mol. The van der Waals surface area contributed by atoms with Gasteiger partial charge in [0.25, 0.3) is 10.0 Å². The zero-order valence-corrected chi connectivity index (χ0v) is 24.0. The van der Waals surface area contributed by atoms with Crippen molar-refractivity contribution in [3.05, 3.63) is 40.5 Å². The molecule has 2 bridgehead atoms. The van der Waals surface area contributed by atoms with E-state index in [1.165, 1.54) is 24.6 Å². The molecule has 11 nitrogen and oxygen atoms in total. The number of amidine groups is 1. The zero-order valence-electron chi connectivity index (χ0n) is 21.6. The van der Waals surface area contributed by atoms with Crippen molar-refractivity contribution in [1.82, 2.24) is 9.62 Å². The molecular weight excluding hydrogens is 583 g/mol. The summed E-state index contributed by atoms with van der Waals surface area (Å²) in [6, 6.07) is 4.01. The maximum absolute atomic E-state index is 14.1. The number of ketones is 1. The van der Waals surface area contributed by atoms with E-state index >= 15 is 0 Å². The van der Waals surface area contributed by atoms with Crippen LogP contribution in [0.5, 0.6) is 5.75 Å². The lowest BCUT2D eigenvalue weighted by molar-refractivity contribution is -0.153. The van der Waals surface area contributed by atoms with Crippen molar-refractivity contribution in [2.45, 2.75) is 43.3 Å². The number of piperidine rings is 1.